The number of amides is 2. The second kappa shape index (κ2) is 12.8. The van der Waals surface area contributed by atoms with Gasteiger partial charge in [0, 0.05) is 17.1 Å². The van der Waals surface area contributed by atoms with Gasteiger partial charge in [-0.25, -0.2) is 0 Å². The van der Waals surface area contributed by atoms with Gasteiger partial charge in [0.15, 0.2) is 0 Å². The molecule has 0 aromatic heterocycles. The molecular formula is C34H39BrN2O6. The lowest BCUT2D eigenvalue weighted by Gasteiger charge is -2.39. The number of benzene rings is 2. The van der Waals surface area contributed by atoms with Crippen LogP contribution in [0.3, 0.4) is 0 Å². The predicted octanol–water partition coefficient (Wildman–Crippen LogP) is 4.81. The molecule has 7 atom stereocenters. The number of anilines is 1. The lowest BCUT2D eigenvalue weighted by Crippen LogP contribution is -2.57. The zero-order valence-electron chi connectivity index (χ0n) is 24.7. The maximum atomic E-state index is 14.9. The molecule has 3 heterocycles. The molecule has 3 aliphatic heterocycles. The van der Waals surface area contributed by atoms with Crippen LogP contribution in [-0.4, -0.2) is 70.1 Å². The molecule has 1 N–H and O–H groups in total. The van der Waals surface area contributed by atoms with Crippen LogP contribution in [0.15, 0.2) is 73.8 Å². The monoisotopic (exact) mass is 650 g/mol. The Bertz CT molecular complexity index is 1400. The summed E-state index contributed by atoms with van der Waals surface area (Å²) in [6, 6.07) is 13.1. The zero-order valence-corrected chi connectivity index (χ0v) is 26.2. The second-order valence-corrected chi connectivity index (χ2v) is 12.8. The van der Waals surface area contributed by atoms with E-state index in [0.29, 0.717) is 30.5 Å². The summed E-state index contributed by atoms with van der Waals surface area (Å²) in [5.74, 6) is -3.08. The molecule has 2 aromatic rings. The highest BCUT2D eigenvalue weighted by molar-refractivity contribution is 9.09. The number of hydrogen-bond donors (Lipinski definition) is 1. The van der Waals surface area contributed by atoms with Crippen molar-refractivity contribution in [1.29, 1.82) is 0 Å². The number of fused-ring (bicyclic) bond motifs is 1. The Labute approximate surface area is 261 Å². The van der Waals surface area contributed by atoms with E-state index in [2.05, 4.69) is 29.1 Å². The van der Waals surface area contributed by atoms with Crippen molar-refractivity contribution < 1.29 is 29.0 Å². The summed E-state index contributed by atoms with van der Waals surface area (Å²) in [6.07, 6.45) is 4.45. The lowest BCUT2D eigenvalue weighted by molar-refractivity contribution is -0.155. The van der Waals surface area contributed by atoms with Crippen molar-refractivity contribution in [3.8, 4) is 0 Å². The number of alkyl halides is 1. The first-order valence-electron chi connectivity index (χ1n) is 14.8. The predicted molar refractivity (Wildman–Crippen MR) is 168 cm³/mol. The number of carbonyl (C=O) groups excluding carboxylic acids is 3. The Morgan fingerprint density at radius 1 is 1.21 bits per heavy atom. The first-order valence-corrected chi connectivity index (χ1v) is 15.7. The molecule has 3 fully saturated rings. The zero-order chi connectivity index (χ0) is 30.9. The number of aliphatic hydroxyl groups excluding tert-OH is 1. The third kappa shape index (κ3) is 5.36. The molecule has 2 aromatic carbocycles. The van der Waals surface area contributed by atoms with Gasteiger partial charge in [-0.15, -0.1) is 13.2 Å². The van der Waals surface area contributed by atoms with E-state index >= 15 is 0 Å². The number of unbranched alkanes of at least 4 members (excludes halogenated alkanes) is 1. The van der Waals surface area contributed by atoms with Crippen molar-refractivity contribution in [3.63, 3.8) is 0 Å². The summed E-state index contributed by atoms with van der Waals surface area (Å²) < 4.78 is 12.3. The Morgan fingerprint density at radius 3 is 2.63 bits per heavy atom. The van der Waals surface area contributed by atoms with Crippen LogP contribution in [0.25, 0.3) is 0 Å². The average molecular weight is 652 g/mol. The van der Waals surface area contributed by atoms with Gasteiger partial charge in [0.1, 0.15) is 11.6 Å². The van der Waals surface area contributed by atoms with Crippen LogP contribution < -0.4 is 4.90 Å². The highest BCUT2D eigenvalue weighted by Crippen LogP contribution is 2.61. The van der Waals surface area contributed by atoms with E-state index in [1.807, 2.05) is 62.4 Å². The SMILES string of the molecule is C=CCCCOC(=O)[C@H]1[C@@H]2OC3(CC2Br)C(C(=O)N(CC=C)c2cc(C)ccc2C)N([C@H](CO)c2ccccc2)C(=O)[C@H]13. The van der Waals surface area contributed by atoms with Gasteiger partial charge in [-0.1, -0.05) is 70.5 Å². The van der Waals surface area contributed by atoms with Gasteiger partial charge in [0.05, 0.1) is 37.2 Å². The van der Waals surface area contributed by atoms with E-state index in [0.717, 1.165) is 11.1 Å². The maximum Gasteiger partial charge on any atom is 0.312 e. The number of ether oxygens (including phenoxy) is 2. The van der Waals surface area contributed by atoms with Gasteiger partial charge >= 0.3 is 5.97 Å². The number of likely N-dealkylation sites (tertiary alicyclic amines) is 1. The number of hydrogen-bond acceptors (Lipinski definition) is 6. The van der Waals surface area contributed by atoms with Gasteiger partial charge in [-0.05, 0) is 55.9 Å². The minimum atomic E-state index is -1.29. The number of rotatable bonds is 12. The van der Waals surface area contributed by atoms with Crippen LogP contribution in [-0.2, 0) is 23.9 Å². The van der Waals surface area contributed by atoms with Gasteiger partial charge in [-0.2, -0.15) is 0 Å². The standard InChI is InChI=1S/C34H39BrN2O6/c1-5-7-11-17-42-33(41)27-28-31(39)37(26(20-38)23-12-9-8-10-13-23)30(34(28)19-24(35)29(27)43-34)32(40)36(16-6-2)25-18-21(3)14-15-22(25)4/h5-6,8-10,12-15,18,24,26-30,38H,1-2,7,11,16-17,19-20H2,3-4H3/t24?,26-,27-,28+,29-,30?,34?/m1/s1. The molecule has 8 nitrogen and oxygen atoms in total. The van der Waals surface area contributed by atoms with Crippen LogP contribution >= 0.6 is 15.9 Å². The Kier molecular flexibility index (Phi) is 9.25. The number of allylic oxidation sites excluding steroid dienone is 1. The van der Waals surface area contributed by atoms with E-state index in [4.69, 9.17) is 9.47 Å². The molecule has 3 saturated heterocycles. The minimum absolute atomic E-state index is 0.198. The van der Waals surface area contributed by atoms with E-state index in [-0.39, 0.29) is 23.9 Å². The molecule has 0 aliphatic carbocycles. The topological polar surface area (TPSA) is 96.4 Å². The highest BCUT2D eigenvalue weighted by atomic mass is 79.9. The third-order valence-corrected chi connectivity index (χ3v) is 9.80. The third-order valence-electron chi connectivity index (χ3n) is 8.96. The van der Waals surface area contributed by atoms with E-state index in [1.165, 1.54) is 4.90 Å². The molecular weight excluding hydrogens is 612 g/mol. The first kappa shape index (κ1) is 31.2. The van der Waals surface area contributed by atoms with Crippen LogP contribution in [0.2, 0.25) is 0 Å². The molecule has 5 rings (SSSR count). The normalized spacial score (nSPS) is 28.0. The molecule has 3 unspecified atom stereocenters. The Hall–Kier alpha value is -3.27. The highest BCUT2D eigenvalue weighted by Gasteiger charge is 2.77. The van der Waals surface area contributed by atoms with Crippen LogP contribution in [0, 0.1) is 25.7 Å². The van der Waals surface area contributed by atoms with E-state index in [9.17, 15) is 19.5 Å². The molecule has 9 heteroatoms. The fraction of sp³-hybridized carbons (Fsp3) is 0.441. The number of halogens is 1. The minimum Gasteiger partial charge on any atom is -0.465 e. The van der Waals surface area contributed by atoms with Crippen molar-refractivity contribution in [3.05, 3.63) is 90.5 Å². The van der Waals surface area contributed by atoms with Crippen molar-refractivity contribution in [2.45, 2.75) is 61.7 Å². The second-order valence-electron chi connectivity index (χ2n) is 11.6. The lowest BCUT2D eigenvalue weighted by atomic mass is 9.70. The van der Waals surface area contributed by atoms with Crippen molar-refractivity contribution in [1.82, 2.24) is 4.90 Å². The summed E-state index contributed by atoms with van der Waals surface area (Å²) in [5.41, 5.74) is 1.97. The van der Waals surface area contributed by atoms with Gasteiger partial charge in [0.2, 0.25) is 5.91 Å². The number of carbonyl (C=O) groups is 3. The summed E-state index contributed by atoms with van der Waals surface area (Å²) in [7, 11) is 0. The summed E-state index contributed by atoms with van der Waals surface area (Å²) in [4.78, 5) is 46.0. The van der Waals surface area contributed by atoms with Crippen LogP contribution in [0.4, 0.5) is 5.69 Å². The quantitative estimate of drug-likeness (QED) is 0.153. The number of esters is 1. The molecule has 1 spiro atoms. The molecule has 2 amide bonds. The first-order chi connectivity index (χ1) is 20.7. The van der Waals surface area contributed by atoms with Crippen LogP contribution in [0.1, 0.15) is 42.0 Å². The maximum absolute atomic E-state index is 14.9. The summed E-state index contributed by atoms with van der Waals surface area (Å²) >= 11 is 3.71. The largest absolute Gasteiger partial charge is 0.465 e. The van der Waals surface area contributed by atoms with E-state index < -0.39 is 54.1 Å². The number of nitrogens with zero attached hydrogens (tertiary/aromatic N) is 2. The molecule has 3 aliphatic rings. The summed E-state index contributed by atoms with van der Waals surface area (Å²) in [5, 5.41) is 10.7. The molecule has 0 radical (unpaired) electrons. The van der Waals surface area contributed by atoms with Gasteiger partial charge < -0.3 is 24.4 Å². The Morgan fingerprint density at radius 2 is 1.95 bits per heavy atom. The number of aryl methyl sites for hydroxylation is 2. The van der Waals surface area contributed by atoms with Crippen molar-refractivity contribution in [2.24, 2.45) is 11.8 Å². The number of aliphatic hydroxyl groups is 1. The molecule has 228 valence electrons. The fourth-order valence-electron chi connectivity index (χ4n) is 7.07. The van der Waals surface area contributed by atoms with Crippen molar-refractivity contribution >= 4 is 39.4 Å². The van der Waals surface area contributed by atoms with Gasteiger partial charge in [-0.3, -0.25) is 14.4 Å². The van der Waals surface area contributed by atoms with E-state index in [1.54, 1.807) is 17.1 Å². The Balaban J connectivity index is 1.63. The molecule has 2 bridgehead atoms. The average Bonchev–Trinajstić information content (AvgIpc) is 3.59. The fourth-order valence-corrected chi connectivity index (χ4v) is 8.01. The molecule has 0 saturated carbocycles. The van der Waals surface area contributed by atoms with Crippen molar-refractivity contribution in [2.75, 3.05) is 24.7 Å². The molecule has 43 heavy (non-hydrogen) atoms. The van der Waals surface area contributed by atoms with Crippen LogP contribution in [0.5, 0.6) is 0 Å². The smallest absolute Gasteiger partial charge is 0.312 e. The summed E-state index contributed by atoms with van der Waals surface area (Å²) in [6.45, 7) is 11.5. The van der Waals surface area contributed by atoms with Gasteiger partial charge in [0.25, 0.3) is 5.91 Å².